The van der Waals surface area contributed by atoms with E-state index in [0.717, 1.165) is 66.7 Å². The predicted octanol–water partition coefficient (Wildman–Crippen LogP) is 4.55. The Kier molecular flexibility index (Phi) is 12.9. The Balaban J connectivity index is 1.17. The second-order valence-corrected chi connectivity index (χ2v) is 17.1. The maximum Gasteiger partial charge on any atom is 0.251 e. The quantitative estimate of drug-likeness (QED) is 0.139. The predicted molar refractivity (Wildman–Crippen MR) is 224 cm³/mol. The van der Waals surface area contributed by atoms with Crippen molar-refractivity contribution in [2.24, 2.45) is 23.7 Å². The molecular formula is C46H61N5O7. The van der Waals surface area contributed by atoms with Gasteiger partial charge in [-0.3, -0.25) is 14.4 Å². The molecule has 3 aromatic carbocycles. The number of nitrogens with one attached hydrogen (secondary N) is 2. The highest BCUT2D eigenvalue weighted by Gasteiger charge is 2.52. The van der Waals surface area contributed by atoms with Crippen molar-refractivity contribution in [1.82, 2.24) is 20.6 Å². The highest BCUT2D eigenvalue weighted by Crippen LogP contribution is 2.52. The Labute approximate surface area is 342 Å². The molecule has 2 heterocycles. The van der Waals surface area contributed by atoms with Crippen LogP contribution in [0.1, 0.15) is 67.1 Å². The molecule has 58 heavy (non-hydrogen) atoms. The second kappa shape index (κ2) is 17.9. The standard InChI is InChI=1S/C46H61N5O7/c1-27-32-22-37(27)28(2)38(23-32)47-46(56)42-41(29(3)53)40(26-52)58-51(42)24-31-15-12-16-36(44(31)57-6)33-19-34(21-35(20-33)49(4)5)45(55)48-39(25-50-17-10-11-18-50)43(54)30-13-8-7-9-14-30/h7-9,12-16,19-21,28-29,32,37-43,52-54H,1,10-11,17-18,22-26H2,2-6H3,(H,47,56)(H,48,55)/t28-,29-,32+,37+,38-,39+,40-,41+,42-,43+/m0/s1. The fourth-order valence-electron chi connectivity index (χ4n) is 9.79. The maximum absolute atomic E-state index is 14.2. The summed E-state index contributed by atoms with van der Waals surface area (Å²) in [5.74, 6) is 0.403. The molecule has 12 nitrogen and oxygen atoms in total. The minimum absolute atomic E-state index is 0.0169. The summed E-state index contributed by atoms with van der Waals surface area (Å²) >= 11 is 0. The van der Waals surface area contributed by atoms with Gasteiger partial charge in [0.25, 0.3) is 5.91 Å². The van der Waals surface area contributed by atoms with Gasteiger partial charge in [0.2, 0.25) is 5.91 Å². The summed E-state index contributed by atoms with van der Waals surface area (Å²) in [5, 5.41) is 40.9. The number of fused-ring (bicyclic) bond motifs is 2. The molecule has 8 rings (SSSR count). The molecule has 2 saturated heterocycles. The van der Waals surface area contributed by atoms with Gasteiger partial charge in [0.15, 0.2) is 0 Å². The third-order valence-electron chi connectivity index (χ3n) is 13.2. The van der Waals surface area contributed by atoms with Crippen LogP contribution in [0.4, 0.5) is 5.69 Å². The summed E-state index contributed by atoms with van der Waals surface area (Å²) in [4.78, 5) is 39.0. The summed E-state index contributed by atoms with van der Waals surface area (Å²) in [6.45, 7) is 10.2. The third kappa shape index (κ3) is 8.55. The zero-order chi connectivity index (χ0) is 41.2. The summed E-state index contributed by atoms with van der Waals surface area (Å²) in [6.07, 6.45) is 1.54. The van der Waals surface area contributed by atoms with Crippen LogP contribution in [0.15, 0.2) is 78.9 Å². The molecule has 2 aliphatic heterocycles. The second-order valence-electron chi connectivity index (χ2n) is 17.1. The Morgan fingerprint density at radius 1 is 1.03 bits per heavy atom. The highest BCUT2D eigenvalue weighted by molar-refractivity contribution is 5.97. The first kappa shape index (κ1) is 41.8. The first-order valence-corrected chi connectivity index (χ1v) is 20.8. The molecule has 3 saturated carbocycles. The number of methoxy groups -OCH3 is 1. The van der Waals surface area contributed by atoms with Crippen molar-refractivity contribution in [2.75, 3.05) is 52.3 Å². The number of nitrogens with zero attached hydrogens (tertiary/aromatic N) is 3. The molecule has 2 bridgehead atoms. The van der Waals surface area contributed by atoms with Crippen molar-refractivity contribution in [3.05, 3.63) is 95.6 Å². The molecule has 312 valence electrons. The number of para-hydroxylation sites is 1. The van der Waals surface area contributed by atoms with Crippen molar-refractivity contribution in [1.29, 1.82) is 0 Å². The molecule has 0 spiro atoms. The molecule has 3 aliphatic carbocycles. The van der Waals surface area contributed by atoms with E-state index in [1.165, 1.54) is 5.57 Å². The number of hydroxylamine groups is 2. The first-order valence-electron chi connectivity index (χ1n) is 20.8. The number of anilines is 1. The lowest BCUT2D eigenvalue weighted by molar-refractivity contribution is -0.182. The summed E-state index contributed by atoms with van der Waals surface area (Å²) < 4.78 is 6.10. The van der Waals surface area contributed by atoms with E-state index in [-0.39, 0.29) is 36.9 Å². The molecular weight excluding hydrogens is 735 g/mol. The number of aliphatic hydroxyl groups is 3. The molecule has 5 N–H and O–H groups in total. The fourth-order valence-corrected chi connectivity index (χ4v) is 9.79. The largest absolute Gasteiger partial charge is 0.496 e. The van der Waals surface area contributed by atoms with Crippen molar-refractivity contribution < 1.29 is 34.5 Å². The van der Waals surface area contributed by atoms with E-state index in [9.17, 15) is 24.9 Å². The molecule has 12 heteroatoms. The topological polar surface area (TPSA) is 147 Å². The number of ether oxygens (including phenoxy) is 1. The zero-order valence-corrected chi connectivity index (χ0v) is 34.5. The van der Waals surface area contributed by atoms with Crippen LogP contribution in [0.2, 0.25) is 0 Å². The van der Waals surface area contributed by atoms with Gasteiger partial charge >= 0.3 is 0 Å². The SMILES string of the molecule is C=C1[C@H]2C[C@H](NC(=O)[C@@H]3[C@H]([C@H](C)O)[C@H](CO)ON3Cc3cccc(-c4cc(C(=O)N[C@H](CN5CCCC5)[C@H](O)c5ccccc5)cc(N(C)C)c4)c3OC)[C@@H](C)[C@@H]1C2. The number of likely N-dealkylation sites (tertiary alicyclic amines) is 1. The van der Waals surface area contributed by atoms with E-state index in [2.05, 4.69) is 29.0 Å². The van der Waals surface area contributed by atoms with Gasteiger partial charge in [-0.1, -0.05) is 67.6 Å². The molecule has 0 radical (unpaired) electrons. The van der Waals surface area contributed by atoms with Gasteiger partial charge in [-0.05, 0) is 92.8 Å². The van der Waals surface area contributed by atoms with E-state index >= 15 is 0 Å². The Morgan fingerprint density at radius 3 is 2.41 bits per heavy atom. The average Bonchev–Trinajstić information content (AvgIpc) is 3.88. The molecule has 2 amide bonds. The number of aliphatic hydroxyl groups excluding tert-OH is 3. The molecule has 0 aromatic heterocycles. The normalized spacial score (nSPS) is 27.4. The average molecular weight is 796 g/mol. The molecule has 5 aliphatic rings. The number of amides is 2. The van der Waals surface area contributed by atoms with Crippen LogP contribution in [-0.2, 0) is 16.2 Å². The summed E-state index contributed by atoms with van der Waals surface area (Å²) in [7, 11) is 5.43. The zero-order valence-electron chi connectivity index (χ0n) is 34.5. The number of benzene rings is 3. The molecule has 5 fully saturated rings. The monoisotopic (exact) mass is 795 g/mol. The van der Waals surface area contributed by atoms with Crippen LogP contribution in [0, 0.1) is 23.7 Å². The van der Waals surface area contributed by atoms with Crippen molar-refractivity contribution in [3.8, 4) is 16.9 Å². The lowest BCUT2D eigenvalue weighted by atomic mass is 9.56. The molecule has 3 aromatic rings. The highest BCUT2D eigenvalue weighted by atomic mass is 16.7. The number of carbonyl (C=O) groups excluding carboxylic acids is 2. The van der Waals surface area contributed by atoms with Crippen LogP contribution in [0.5, 0.6) is 5.75 Å². The number of allylic oxidation sites excluding steroid dienone is 1. The molecule has 0 unspecified atom stereocenters. The van der Waals surface area contributed by atoms with Gasteiger partial charge in [0.1, 0.15) is 24.0 Å². The van der Waals surface area contributed by atoms with E-state index in [1.807, 2.05) is 85.7 Å². The minimum Gasteiger partial charge on any atom is -0.496 e. The van der Waals surface area contributed by atoms with Crippen LogP contribution in [-0.4, -0.2) is 115 Å². The van der Waals surface area contributed by atoms with Gasteiger partial charge in [-0.2, -0.15) is 5.06 Å². The van der Waals surface area contributed by atoms with E-state index < -0.39 is 36.3 Å². The number of hydrogen-bond donors (Lipinski definition) is 5. The minimum atomic E-state index is -0.926. The van der Waals surface area contributed by atoms with Crippen molar-refractivity contribution in [2.45, 2.75) is 82.5 Å². The Hall–Kier alpha value is -4.30. The summed E-state index contributed by atoms with van der Waals surface area (Å²) in [6, 6.07) is 19.4. The third-order valence-corrected chi connectivity index (χ3v) is 13.2. The number of hydrogen-bond acceptors (Lipinski definition) is 10. The van der Waals surface area contributed by atoms with Crippen LogP contribution >= 0.6 is 0 Å². The van der Waals surface area contributed by atoms with Crippen molar-refractivity contribution >= 4 is 17.5 Å². The van der Waals surface area contributed by atoms with Gasteiger partial charge < -0.3 is 40.5 Å². The first-order chi connectivity index (χ1) is 27.9. The van der Waals surface area contributed by atoms with E-state index in [4.69, 9.17) is 9.57 Å². The van der Waals surface area contributed by atoms with Crippen LogP contribution in [0.25, 0.3) is 11.1 Å². The Bertz CT molecular complexity index is 1930. The molecule has 10 atom stereocenters. The smallest absolute Gasteiger partial charge is 0.251 e. The van der Waals surface area contributed by atoms with Crippen molar-refractivity contribution in [3.63, 3.8) is 0 Å². The summed E-state index contributed by atoms with van der Waals surface area (Å²) in [5.41, 5.74) is 5.47. The van der Waals surface area contributed by atoms with E-state index in [0.29, 0.717) is 29.7 Å². The lowest BCUT2D eigenvalue weighted by Gasteiger charge is -2.52. The van der Waals surface area contributed by atoms with Crippen LogP contribution < -0.4 is 20.3 Å². The lowest BCUT2D eigenvalue weighted by Crippen LogP contribution is -2.57. The maximum atomic E-state index is 14.2. The Morgan fingerprint density at radius 2 is 1.78 bits per heavy atom. The van der Waals surface area contributed by atoms with Gasteiger partial charge in [-0.15, -0.1) is 0 Å². The fraction of sp³-hybridized carbons (Fsp3) is 0.522. The van der Waals surface area contributed by atoms with E-state index in [1.54, 1.807) is 19.1 Å². The number of carbonyl (C=O) groups is 2. The van der Waals surface area contributed by atoms with Crippen LogP contribution in [0.3, 0.4) is 0 Å². The van der Waals surface area contributed by atoms with Gasteiger partial charge in [0, 0.05) is 55.0 Å². The van der Waals surface area contributed by atoms with Gasteiger partial charge in [0.05, 0.1) is 32.4 Å². The number of rotatable bonds is 15. The van der Waals surface area contributed by atoms with Gasteiger partial charge in [-0.25, -0.2) is 0 Å².